The summed E-state index contributed by atoms with van der Waals surface area (Å²) in [4.78, 5) is 28.4. The molecule has 6 heteroatoms. The van der Waals surface area contributed by atoms with Gasteiger partial charge in [-0.05, 0) is 23.8 Å². The molecule has 3 rings (SSSR count). The van der Waals surface area contributed by atoms with Gasteiger partial charge in [0.2, 0.25) is 5.91 Å². The highest BCUT2D eigenvalue weighted by atomic mass is 19.1. The Labute approximate surface area is 125 Å². The molecule has 0 spiro atoms. The van der Waals surface area contributed by atoms with Crippen LogP contribution < -0.4 is 11.0 Å². The van der Waals surface area contributed by atoms with Crippen LogP contribution in [0.15, 0.2) is 47.3 Å². The van der Waals surface area contributed by atoms with E-state index in [9.17, 15) is 14.0 Å². The molecule has 0 radical (unpaired) electrons. The first-order valence-electron chi connectivity index (χ1n) is 6.83. The van der Waals surface area contributed by atoms with Gasteiger partial charge >= 0.3 is 5.69 Å². The Morgan fingerprint density at radius 2 is 1.86 bits per heavy atom. The van der Waals surface area contributed by atoms with E-state index in [-0.39, 0.29) is 30.4 Å². The Morgan fingerprint density at radius 3 is 2.68 bits per heavy atom. The number of hydrogen-bond acceptors (Lipinski definition) is 2. The van der Waals surface area contributed by atoms with E-state index in [4.69, 9.17) is 0 Å². The van der Waals surface area contributed by atoms with Gasteiger partial charge in [-0.15, -0.1) is 0 Å². The quantitative estimate of drug-likeness (QED) is 0.687. The molecule has 2 aromatic carbocycles. The van der Waals surface area contributed by atoms with Crippen LogP contribution in [0.25, 0.3) is 11.0 Å². The van der Waals surface area contributed by atoms with E-state index in [2.05, 4.69) is 15.3 Å². The van der Waals surface area contributed by atoms with Gasteiger partial charge in [-0.1, -0.05) is 24.3 Å². The van der Waals surface area contributed by atoms with E-state index >= 15 is 0 Å². The molecule has 3 N–H and O–H groups in total. The second-order valence-corrected chi connectivity index (χ2v) is 5.00. The van der Waals surface area contributed by atoms with E-state index in [0.717, 1.165) is 5.56 Å². The fourth-order valence-corrected chi connectivity index (χ4v) is 2.27. The SMILES string of the molecule is O=C(Cc1ccc2[nH]c(=O)[nH]c2c1)NCc1ccccc1F. The highest BCUT2D eigenvalue weighted by Crippen LogP contribution is 2.11. The number of imidazole rings is 1. The first-order valence-corrected chi connectivity index (χ1v) is 6.83. The molecular formula is C16H14FN3O2. The van der Waals surface area contributed by atoms with Crippen molar-refractivity contribution in [3.8, 4) is 0 Å². The Balaban J connectivity index is 1.65. The summed E-state index contributed by atoms with van der Waals surface area (Å²) in [6.45, 7) is 0.148. The monoisotopic (exact) mass is 299 g/mol. The summed E-state index contributed by atoms with van der Waals surface area (Å²) in [5.41, 5.74) is 2.29. The fraction of sp³-hybridized carbons (Fsp3) is 0.125. The minimum atomic E-state index is -0.339. The van der Waals surface area contributed by atoms with Crippen molar-refractivity contribution in [3.05, 3.63) is 69.9 Å². The van der Waals surface area contributed by atoms with Crippen LogP contribution in [0.2, 0.25) is 0 Å². The smallest absolute Gasteiger partial charge is 0.323 e. The van der Waals surface area contributed by atoms with Crippen LogP contribution in [0.3, 0.4) is 0 Å². The lowest BCUT2D eigenvalue weighted by Crippen LogP contribution is -2.25. The predicted molar refractivity (Wildman–Crippen MR) is 80.9 cm³/mol. The number of rotatable bonds is 4. The van der Waals surface area contributed by atoms with Gasteiger partial charge in [-0.3, -0.25) is 4.79 Å². The zero-order chi connectivity index (χ0) is 15.5. The maximum atomic E-state index is 13.5. The number of amides is 1. The minimum absolute atomic E-state index is 0.148. The third-order valence-electron chi connectivity index (χ3n) is 3.38. The van der Waals surface area contributed by atoms with Gasteiger partial charge in [0, 0.05) is 12.1 Å². The molecule has 0 aliphatic rings. The highest BCUT2D eigenvalue weighted by molar-refractivity contribution is 5.81. The van der Waals surface area contributed by atoms with Crippen LogP contribution >= 0.6 is 0 Å². The van der Waals surface area contributed by atoms with Gasteiger partial charge in [0.1, 0.15) is 5.82 Å². The lowest BCUT2D eigenvalue weighted by molar-refractivity contribution is -0.120. The molecular weight excluding hydrogens is 285 g/mol. The van der Waals surface area contributed by atoms with Crippen LogP contribution in [0, 0.1) is 5.82 Å². The maximum absolute atomic E-state index is 13.5. The zero-order valence-corrected chi connectivity index (χ0v) is 11.7. The molecule has 0 atom stereocenters. The van der Waals surface area contributed by atoms with Crippen molar-refractivity contribution < 1.29 is 9.18 Å². The van der Waals surface area contributed by atoms with Crippen molar-refractivity contribution in [2.45, 2.75) is 13.0 Å². The second-order valence-electron chi connectivity index (χ2n) is 5.00. The van der Waals surface area contributed by atoms with Crippen molar-refractivity contribution in [3.63, 3.8) is 0 Å². The maximum Gasteiger partial charge on any atom is 0.323 e. The number of benzene rings is 2. The summed E-state index contributed by atoms with van der Waals surface area (Å²) in [6.07, 6.45) is 0.164. The number of carbonyl (C=O) groups is 1. The van der Waals surface area contributed by atoms with Crippen molar-refractivity contribution >= 4 is 16.9 Å². The van der Waals surface area contributed by atoms with E-state index in [1.807, 2.05) is 0 Å². The van der Waals surface area contributed by atoms with E-state index < -0.39 is 0 Å². The normalized spacial score (nSPS) is 10.8. The molecule has 0 unspecified atom stereocenters. The molecule has 1 heterocycles. The average Bonchev–Trinajstić information content (AvgIpc) is 2.86. The van der Waals surface area contributed by atoms with Gasteiger partial charge < -0.3 is 15.3 Å². The summed E-state index contributed by atoms with van der Waals surface area (Å²) in [7, 11) is 0. The number of carbonyl (C=O) groups excluding carboxylic acids is 1. The molecule has 0 bridgehead atoms. The standard InChI is InChI=1S/C16H14FN3O2/c17-12-4-2-1-3-11(12)9-18-15(21)8-10-5-6-13-14(7-10)20-16(22)19-13/h1-7H,8-9H2,(H,18,21)(H2,19,20,22). The van der Waals surface area contributed by atoms with Crippen molar-refractivity contribution in [2.75, 3.05) is 0 Å². The number of nitrogens with one attached hydrogen (secondary N) is 3. The number of aromatic amines is 2. The predicted octanol–water partition coefficient (Wildman–Crippen LogP) is 1.85. The minimum Gasteiger partial charge on any atom is -0.352 e. The third-order valence-corrected chi connectivity index (χ3v) is 3.38. The third kappa shape index (κ3) is 3.06. The number of halogens is 1. The van der Waals surface area contributed by atoms with Gasteiger partial charge in [0.15, 0.2) is 0 Å². The topological polar surface area (TPSA) is 77.8 Å². The van der Waals surface area contributed by atoms with Gasteiger partial charge in [0.05, 0.1) is 17.5 Å². The lowest BCUT2D eigenvalue weighted by Gasteiger charge is -2.06. The number of H-pyrrole nitrogens is 2. The molecule has 1 aromatic heterocycles. The molecule has 22 heavy (non-hydrogen) atoms. The molecule has 0 aliphatic carbocycles. The van der Waals surface area contributed by atoms with E-state index in [0.29, 0.717) is 16.6 Å². The molecule has 0 saturated heterocycles. The molecule has 0 fully saturated rings. The fourth-order valence-electron chi connectivity index (χ4n) is 2.27. The summed E-state index contributed by atoms with van der Waals surface area (Å²) in [5.74, 6) is -0.547. The zero-order valence-electron chi connectivity index (χ0n) is 11.7. The van der Waals surface area contributed by atoms with Crippen molar-refractivity contribution in [1.29, 1.82) is 0 Å². The number of aromatic nitrogens is 2. The largest absolute Gasteiger partial charge is 0.352 e. The molecule has 1 amide bonds. The molecule has 3 aromatic rings. The van der Waals surface area contributed by atoms with E-state index in [1.54, 1.807) is 36.4 Å². The van der Waals surface area contributed by atoms with E-state index in [1.165, 1.54) is 6.07 Å². The Bertz CT molecular complexity index is 882. The molecule has 5 nitrogen and oxygen atoms in total. The number of hydrogen-bond donors (Lipinski definition) is 3. The first kappa shape index (κ1) is 14.1. The van der Waals surface area contributed by atoms with Crippen molar-refractivity contribution in [1.82, 2.24) is 15.3 Å². The van der Waals surface area contributed by atoms with Crippen LogP contribution in [0.4, 0.5) is 4.39 Å². The Hall–Kier alpha value is -2.89. The second kappa shape index (κ2) is 5.85. The van der Waals surface area contributed by atoms with Crippen LogP contribution in [0.1, 0.15) is 11.1 Å². The summed E-state index contributed by atoms with van der Waals surface area (Å²) < 4.78 is 13.5. The average molecular weight is 299 g/mol. The Morgan fingerprint density at radius 1 is 1.09 bits per heavy atom. The van der Waals surface area contributed by atoms with Crippen LogP contribution in [0.5, 0.6) is 0 Å². The molecule has 112 valence electrons. The summed E-state index contributed by atoms with van der Waals surface area (Å²) >= 11 is 0. The molecule has 0 aliphatic heterocycles. The first-order chi connectivity index (χ1) is 10.6. The number of fused-ring (bicyclic) bond motifs is 1. The Kier molecular flexibility index (Phi) is 3.74. The van der Waals surface area contributed by atoms with Gasteiger partial charge in [0.25, 0.3) is 0 Å². The summed E-state index contributed by atoms with van der Waals surface area (Å²) in [5, 5.41) is 2.68. The van der Waals surface area contributed by atoms with Gasteiger partial charge in [-0.25, -0.2) is 9.18 Å². The molecule has 0 saturated carbocycles. The lowest BCUT2D eigenvalue weighted by atomic mass is 10.1. The van der Waals surface area contributed by atoms with Gasteiger partial charge in [-0.2, -0.15) is 0 Å². The van der Waals surface area contributed by atoms with Crippen molar-refractivity contribution in [2.24, 2.45) is 0 Å². The highest BCUT2D eigenvalue weighted by Gasteiger charge is 2.07. The summed E-state index contributed by atoms with van der Waals surface area (Å²) in [6, 6.07) is 11.6. The van der Waals surface area contributed by atoms with Crippen LogP contribution in [-0.2, 0) is 17.8 Å². The van der Waals surface area contributed by atoms with Crippen LogP contribution in [-0.4, -0.2) is 15.9 Å².